The highest BCUT2D eigenvalue weighted by molar-refractivity contribution is 6.31. The summed E-state index contributed by atoms with van der Waals surface area (Å²) >= 11 is 5.96. The van der Waals surface area contributed by atoms with Crippen molar-refractivity contribution in [2.24, 2.45) is 10.7 Å². The molecule has 0 saturated carbocycles. The Hall–Kier alpha value is -1.29. The van der Waals surface area contributed by atoms with E-state index in [0.717, 1.165) is 0 Å². The summed E-state index contributed by atoms with van der Waals surface area (Å²) in [6, 6.07) is 4.45. The second-order valence-corrected chi connectivity index (χ2v) is 3.87. The van der Waals surface area contributed by atoms with Crippen molar-refractivity contribution >= 4 is 17.6 Å². The molecule has 1 aromatic rings. The van der Waals surface area contributed by atoms with E-state index in [2.05, 4.69) is 4.99 Å². The van der Waals surface area contributed by atoms with Gasteiger partial charge in [0.15, 0.2) is 5.96 Å². The highest BCUT2D eigenvalue weighted by atomic mass is 35.5. The topological polar surface area (TPSA) is 41.6 Å². The maximum atomic E-state index is 13.6. The number of nitrogens with two attached hydrogens (primary N) is 1. The largest absolute Gasteiger partial charge is 0.370 e. The SMILES string of the molecule is CN1C(N)=NCC1c1c(F)cccc1Cl. The van der Waals surface area contributed by atoms with E-state index in [-0.39, 0.29) is 11.9 Å². The van der Waals surface area contributed by atoms with Crippen LogP contribution < -0.4 is 5.73 Å². The van der Waals surface area contributed by atoms with Crippen molar-refractivity contribution < 1.29 is 4.39 Å². The molecular formula is C10H11ClFN3. The van der Waals surface area contributed by atoms with Crippen LogP contribution in [-0.4, -0.2) is 24.5 Å². The summed E-state index contributed by atoms with van der Waals surface area (Å²) in [5, 5.41) is 0.414. The van der Waals surface area contributed by atoms with Crippen LogP contribution in [-0.2, 0) is 0 Å². The van der Waals surface area contributed by atoms with Gasteiger partial charge in [0.25, 0.3) is 0 Å². The van der Waals surface area contributed by atoms with E-state index in [1.807, 2.05) is 0 Å². The van der Waals surface area contributed by atoms with Gasteiger partial charge in [0.2, 0.25) is 0 Å². The number of halogens is 2. The standard InChI is InChI=1S/C10H11ClFN3/c1-15-8(5-14-10(15)13)9-6(11)3-2-4-7(9)12/h2-4,8H,5H2,1H3,(H2,13,14). The lowest BCUT2D eigenvalue weighted by molar-refractivity contribution is 0.399. The van der Waals surface area contributed by atoms with Gasteiger partial charge < -0.3 is 10.6 Å². The smallest absolute Gasteiger partial charge is 0.191 e. The predicted octanol–water partition coefficient (Wildman–Crippen LogP) is 1.78. The lowest BCUT2D eigenvalue weighted by Gasteiger charge is -2.22. The number of likely N-dealkylation sites (N-methyl/N-ethyl adjacent to an activating group) is 1. The lowest BCUT2D eigenvalue weighted by atomic mass is 10.1. The molecular weight excluding hydrogens is 217 g/mol. The molecule has 80 valence electrons. The molecule has 0 aliphatic carbocycles. The van der Waals surface area contributed by atoms with Crippen LogP contribution in [0.15, 0.2) is 23.2 Å². The molecule has 2 N–H and O–H groups in total. The molecule has 0 amide bonds. The fourth-order valence-electron chi connectivity index (χ4n) is 1.69. The molecule has 1 aliphatic heterocycles. The molecule has 0 radical (unpaired) electrons. The van der Waals surface area contributed by atoms with Crippen LogP contribution in [0.1, 0.15) is 11.6 Å². The van der Waals surface area contributed by atoms with Crippen molar-refractivity contribution in [3.63, 3.8) is 0 Å². The van der Waals surface area contributed by atoms with Crippen LogP contribution in [0, 0.1) is 5.82 Å². The number of hydrogen-bond acceptors (Lipinski definition) is 3. The Morgan fingerprint density at radius 3 is 2.87 bits per heavy atom. The number of guanidine groups is 1. The average molecular weight is 228 g/mol. The quantitative estimate of drug-likeness (QED) is 0.795. The van der Waals surface area contributed by atoms with Crippen molar-refractivity contribution in [2.45, 2.75) is 6.04 Å². The maximum Gasteiger partial charge on any atom is 0.191 e. The van der Waals surface area contributed by atoms with Crippen LogP contribution in [0.4, 0.5) is 4.39 Å². The highest BCUT2D eigenvalue weighted by Gasteiger charge is 2.28. The molecule has 15 heavy (non-hydrogen) atoms. The van der Waals surface area contributed by atoms with Gasteiger partial charge in [-0.3, -0.25) is 4.99 Å². The Bertz CT molecular complexity index is 399. The Labute approximate surface area is 92.3 Å². The molecule has 0 saturated heterocycles. The number of aliphatic imine (C=N–C) groups is 1. The number of nitrogens with zero attached hydrogens (tertiary/aromatic N) is 2. The van der Waals surface area contributed by atoms with E-state index in [0.29, 0.717) is 23.1 Å². The fraction of sp³-hybridized carbons (Fsp3) is 0.300. The minimum absolute atomic E-state index is 0.196. The molecule has 1 aliphatic rings. The molecule has 2 rings (SSSR count). The van der Waals surface area contributed by atoms with Crippen LogP contribution in [0.5, 0.6) is 0 Å². The first-order valence-corrected chi connectivity index (χ1v) is 4.95. The fourth-order valence-corrected chi connectivity index (χ4v) is 1.98. The summed E-state index contributed by atoms with van der Waals surface area (Å²) in [4.78, 5) is 5.78. The maximum absolute atomic E-state index is 13.6. The van der Waals surface area contributed by atoms with Gasteiger partial charge in [-0.05, 0) is 12.1 Å². The zero-order valence-electron chi connectivity index (χ0n) is 8.24. The first-order chi connectivity index (χ1) is 7.11. The first-order valence-electron chi connectivity index (χ1n) is 4.58. The monoisotopic (exact) mass is 227 g/mol. The Morgan fingerprint density at radius 1 is 1.60 bits per heavy atom. The molecule has 3 nitrogen and oxygen atoms in total. The van der Waals surface area contributed by atoms with Gasteiger partial charge in [0, 0.05) is 17.6 Å². The summed E-state index contributed by atoms with van der Waals surface area (Å²) in [5.74, 6) is 0.101. The molecule has 0 bridgehead atoms. The number of benzene rings is 1. The van der Waals surface area contributed by atoms with Crippen molar-refractivity contribution in [2.75, 3.05) is 13.6 Å². The molecule has 0 spiro atoms. The van der Waals surface area contributed by atoms with Crippen molar-refractivity contribution in [1.29, 1.82) is 0 Å². The van der Waals surface area contributed by atoms with E-state index in [9.17, 15) is 4.39 Å². The Kier molecular flexibility index (Phi) is 2.52. The van der Waals surface area contributed by atoms with Crippen molar-refractivity contribution in [3.8, 4) is 0 Å². The molecule has 1 unspecified atom stereocenters. The van der Waals surface area contributed by atoms with Crippen LogP contribution in [0.3, 0.4) is 0 Å². The van der Waals surface area contributed by atoms with Crippen LogP contribution in [0.2, 0.25) is 5.02 Å². The third kappa shape index (κ3) is 1.65. The van der Waals surface area contributed by atoms with Gasteiger partial charge in [-0.25, -0.2) is 4.39 Å². The summed E-state index contributed by atoms with van der Waals surface area (Å²) in [6.07, 6.45) is 0. The molecule has 1 aromatic carbocycles. The summed E-state index contributed by atoms with van der Waals surface area (Å²) in [7, 11) is 1.78. The van der Waals surface area contributed by atoms with Gasteiger partial charge >= 0.3 is 0 Å². The van der Waals surface area contributed by atoms with Crippen LogP contribution in [0.25, 0.3) is 0 Å². The van der Waals surface area contributed by atoms with Crippen molar-refractivity contribution in [3.05, 3.63) is 34.6 Å². The minimum Gasteiger partial charge on any atom is -0.370 e. The van der Waals surface area contributed by atoms with Gasteiger partial charge in [-0.2, -0.15) is 0 Å². The molecule has 1 atom stereocenters. The number of rotatable bonds is 1. The van der Waals surface area contributed by atoms with E-state index in [1.54, 1.807) is 24.1 Å². The Morgan fingerprint density at radius 2 is 2.33 bits per heavy atom. The van der Waals surface area contributed by atoms with E-state index < -0.39 is 0 Å². The third-order valence-corrected chi connectivity index (χ3v) is 2.92. The van der Waals surface area contributed by atoms with Gasteiger partial charge in [0.1, 0.15) is 5.82 Å². The molecule has 0 fully saturated rings. The number of hydrogen-bond donors (Lipinski definition) is 1. The highest BCUT2D eigenvalue weighted by Crippen LogP contribution is 2.31. The summed E-state index contributed by atoms with van der Waals surface area (Å²) in [5.41, 5.74) is 6.08. The van der Waals surface area contributed by atoms with Crippen LogP contribution >= 0.6 is 11.6 Å². The predicted molar refractivity (Wildman–Crippen MR) is 58.4 cm³/mol. The second kappa shape index (κ2) is 3.70. The normalized spacial score (nSPS) is 20.6. The van der Waals surface area contributed by atoms with Gasteiger partial charge in [-0.15, -0.1) is 0 Å². The molecule has 0 aromatic heterocycles. The zero-order chi connectivity index (χ0) is 11.0. The molecule has 5 heteroatoms. The first kappa shape index (κ1) is 10.2. The molecule has 1 heterocycles. The summed E-state index contributed by atoms with van der Waals surface area (Å²) in [6.45, 7) is 0.447. The lowest BCUT2D eigenvalue weighted by Crippen LogP contribution is -2.32. The minimum atomic E-state index is -0.316. The van der Waals surface area contributed by atoms with E-state index in [1.165, 1.54) is 6.07 Å². The van der Waals surface area contributed by atoms with Crippen molar-refractivity contribution in [1.82, 2.24) is 4.90 Å². The van der Waals surface area contributed by atoms with Gasteiger partial charge in [-0.1, -0.05) is 17.7 Å². The van der Waals surface area contributed by atoms with Gasteiger partial charge in [0.05, 0.1) is 12.6 Å². The second-order valence-electron chi connectivity index (χ2n) is 3.46. The third-order valence-electron chi connectivity index (χ3n) is 2.59. The van der Waals surface area contributed by atoms with E-state index >= 15 is 0 Å². The summed E-state index contributed by atoms with van der Waals surface area (Å²) < 4.78 is 13.6. The van der Waals surface area contributed by atoms with E-state index in [4.69, 9.17) is 17.3 Å². The zero-order valence-corrected chi connectivity index (χ0v) is 9.00. The average Bonchev–Trinajstić information content (AvgIpc) is 2.49. The Balaban J connectivity index is 2.40.